The number of aryl methyl sites for hydroxylation is 3. The molecule has 9 aromatic rings. The molecule has 267 valence electrons. The standard InChI is InChI=1S/3C16H13NO.Ga/c3*1-11-7-8-14-13(12-5-3-2-4-6-12)9-10-15(18)16(14)17-11;/h3*2-10,18H,1H3;. The largest absolute Gasteiger partial charge is 0.506 e. The van der Waals surface area contributed by atoms with Crippen LogP contribution in [0.3, 0.4) is 0 Å². The van der Waals surface area contributed by atoms with E-state index >= 15 is 0 Å². The average molecular weight is 776 g/mol. The molecule has 0 saturated heterocycles. The van der Waals surface area contributed by atoms with E-state index in [2.05, 4.69) is 51.4 Å². The predicted octanol–water partition coefficient (Wildman–Crippen LogP) is 11.4. The summed E-state index contributed by atoms with van der Waals surface area (Å²) in [5.41, 5.74) is 11.4. The minimum absolute atomic E-state index is 0. The van der Waals surface area contributed by atoms with Crippen molar-refractivity contribution < 1.29 is 15.3 Å². The zero-order valence-corrected chi connectivity index (χ0v) is 33.3. The molecule has 55 heavy (non-hydrogen) atoms. The van der Waals surface area contributed by atoms with Crippen LogP contribution in [0.15, 0.2) is 164 Å². The third kappa shape index (κ3) is 8.54. The third-order valence-electron chi connectivity index (χ3n) is 9.18. The number of aromatic nitrogens is 3. The van der Waals surface area contributed by atoms with Gasteiger partial charge in [0.25, 0.3) is 0 Å². The van der Waals surface area contributed by atoms with E-state index in [1.54, 1.807) is 18.2 Å². The summed E-state index contributed by atoms with van der Waals surface area (Å²) in [6.45, 7) is 5.77. The fourth-order valence-corrected chi connectivity index (χ4v) is 6.51. The summed E-state index contributed by atoms with van der Waals surface area (Å²) in [5.74, 6) is 0.690. The molecular formula is C48H39GaN3O3. The normalized spacial score (nSPS) is 10.5. The van der Waals surface area contributed by atoms with E-state index in [9.17, 15) is 15.3 Å². The first kappa shape index (κ1) is 38.3. The van der Waals surface area contributed by atoms with Crippen LogP contribution in [0.2, 0.25) is 0 Å². The van der Waals surface area contributed by atoms with Crippen molar-refractivity contribution in [2.45, 2.75) is 20.8 Å². The zero-order valence-electron chi connectivity index (χ0n) is 30.8. The van der Waals surface area contributed by atoms with E-state index in [0.717, 1.165) is 66.6 Å². The summed E-state index contributed by atoms with van der Waals surface area (Å²) in [5, 5.41) is 32.6. The van der Waals surface area contributed by atoms with Crippen LogP contribution in [0, 0.1) is 20.8 Å². The van der Waals surface area contributed by atoms with E-state index in [-0.39, 0.29) is 37.0 Å². The Morgan fingerprint density at radius 2 is 0.564 bits per heavy atom. The van der Waals surface area contributed by atoms with Crippen LogP contribution in [0.4, 0.5) is 0 Å². The van der Waals surface area contributed by atoms with Gasteiger partial charge in [-0.25, -0.2) is 15.0 Å². The zero-order chi connectivity index (χ0) is 37.6. The number of hydrogen-bond donors (Lipinski definition) is 3. The molecule has 0 atom stereocenters. The van der Waals surface area contributed by atoms with Crippen LogP contribution in [-0.4, -0.2) is 50.1 Å². The number of rotatable bonds is 3. The number of benzene rings is 6. The fourth-order valence-electron chi connectivity index (χ4n) is 6.51. The van der Waals surface area contributed by atoms with Crippen molar-refractivity contribution in [2.75, 3.05) is 0 Å². The minimum Gasteiger partial charge on any atom is -0.506 e. The Hall–Kier alpha value is -6.41. The summed E-state index contributed by atoms with van der Waals surface area (Å²) in [6.07, 6.45) is 0. The van der Waals surface area contributed by atoms with Gasteiger partial charge in [0, 0.05) is 53.0 Å². The van der Waals surface area contributed by atoms with Gasteiger partial charge in [0.05, 0.1) is 0 Å². The van der Waals surface area contributed by atoms with Gasteiger partial charge in [-0.1, -0.05) is 109 Å². The molecule has 0 aliphatic heterocycles. The van der Waals surface area contributed by atoms with Gasteiger partial charge in [-0.2, -0.15) is 0 Å². The summed E-state index contributed by atoms with van der Waals surface area (Å²) >= 11 is 0. The Kier molecular flexibility index (Phi) is 12.0. The second kappa shape index (κ2) is 17.2. The topological polar surface area (TPSA) is 99.4 Å². The Balaban J connectivity index is 0.000000139. The molecule has 0 fully saturated rings. The molecule has 6 aromatic carbocycles. The quantitative estimate of drug-likeness (QED) is 0.155. The Morgan fingerprint density at radius 1 is 0.309 bits per heavy atom. The summed E-state index contributed by atoms with van der Waals surface area (Å²) in [7, 11) is 0. The van der Waals surface area contributed by atoms with Crippen LogP contribution in [0.25, 0.3) is 66.1 Å². The molecule has 0 saturated carbocycles. The molecule has 0 unspecified atom stereocenters. The van der Waals surface area contributed by atoms with Gasteiger partial charge in [0.2, 0.25) is 0 Å². The molecule has 3 radical (unpaired) electrons. The number of phenolic OH excluding ortho intramolecular Hbond substituents is 3. The summed E-state index contributed by atoms with van der Waals surface area (Å²) < 4.78 is 0. The maximum atomic E-state index is 9.90. The molecule has 9 rings (SSSR count). The van der Waals surface area contributed by atoms with Crippen molar-refractivity contribution in [1.82, 2.24) is 15.0 Å². The first-order valence-electron chi connectivity index (χ1n) is 17.7. The van der Waals surface area contributed by atoms with E-state index < -0.39 is 0 Å². The van der Waals surface area contributed by atoms with Crippen molar-refractivity contribution in [1.29, 1.82) is 0 Å². The number of fused-ring (bicyclic) bond motifs is 3. The molecule has 0 spiro atoms. The molecule has 3 aromatic heterocycles. The van der Waals surface area contributed by atoms with Gasteiger partial charge >= 0.3 is 0 Å². The van der Waals surface area contributed by atoms with Crippen molar-refractivity contribution in [2.24, 2.45) is 0 Å². The van der Waals surface area contributed by atoms with E-state index in [1.807, 2.05) is 130 Å². The smallest absolute Gasteiger partial charge is 0.141 e. The number of pyridine rings is 3. The monoisotopic (exact) mass is 774 g/mol. The van der Waals surface area contributed by atoms with Gasteiger partial charge in [0.15, 0.2) is 0 Å². The molecule has 3 N–H and O–H groups in total. The van der Waals surface area contributed by atoms with Gasteiger partial charge < -0.3 is 15.3 Å². The Morgan fingerprint density at radius 3 is 0.818 bits per heavy atom. The number of phenols is 3. The molecule has 0 aliphatic rings. The number of nitrogens with zero attached hydrogens (tertiary/aromatic N) is 3. The van der Waals surface area contributed by atoms with Gasteiger partial charge in [-0.05, 0) is 109 Å². The van der Waals surface area contributed by atoms with Crippen LogP contribution in [0.5, 0.6) is 17.2 Å². The van der Waals surface area contributed by atoms with Crippen LogP contribution in [0.1, 0.15) is 17.1 Å². The predicted molar refractivity (Wildman–Crippen MR) is 226 cm³/mol. The molecule has 7 heteroatoms. The second-order valence-corrected chi connectivity index (χ2v) is 13.0. The number of hydrogen-bond acceptors (Lipinski definition) is 6. The van der Waals surface area contributed by atoms with Crippen LogP contribution < -0.4 is 0 Å². The average Bonchev–Trinajstić information content (AvgIpc) is 3.20. The summed E-state index contributed by atoms with van der Waals surface area (Å²) in [4.78, 5) is 13.2. The molecule has 0 amide bonds. The molecule has 0 bridgehead atoms. The van der Waals surface area contributed by atoms with Crippen LogP contribution >= 0.6 is 0 Å². The second-order valence-electron chi connectivity index (χ2n) is 13.0. The van der Waals surface area contributed by atoms with E-state index in [4.69, 9.17) is 0 Å². The van der Waals surface area contributed by atoms with Crippen molar-refractivity contribution in [3.8, 4) is 50.6 Å². The molecule has 3 heterocycles. The SMILES string of the molecule is Cc1ccc2c(-c3ccccc3)ccc(O)c2n1.Cc1ccc2c(-c3ccccc3)ccc(O)c2n1.Cc1ccc2c(-c3ccccc3)ccc(O)c2n1.[Ga]. The van der Waals surface area contributed by atoms with E-state index in [1.165, 1.54) is 0 Å². The van der Waals surface area contributed by atoms with Crippen molar-refractivity contribution >= 4 is 52.5 Å². The molecule has 0 aliphatic carbocycles. The third-order valence-corrected chi connectivity index (χ3v) is 9.18. The van der Waals surface area contributed by atoms with Crippen molar-refractivity contribution in [3.05, 3.63) is 181 Å². The van der Waals surface area contributed by atoms with Gasteiger partial charge in [-0.15, -0.1) is 0 Å². The minimum atomic E-state index is 0. The van der Waals surface area contributed by atoms with E-state index in [0.29, 0.717) is 16.6 Å². The number of aromatic hydroxyl groups is 3. The Labute approximate surface area is 333 Å². The van der Waals surface area contributed by atoms with Crippen molar-refractivity contribution in [3.63, 3.8) is 0 Å². The maximum Gasteiger partial charge on any atom is 0.141 e. The van der Waals surface area contributed by atoms with Crippen LogP contribution in [-0.2, 0) is 0 Å². The first-order chi connectivity index (χ1) is 26.3. The Bertz CT molecular complexity index is 2420. The van der Waals surface area contributed by atoms with Gasteiger partial charge in [-0.3, -0.25) is 0 Å². The van der Waals surface area contributed by atoms with Gasteiger partial charge in [0.1, 0.15) is 33.8 Å². The molecular weight excluding hydrogens is 736 g/mol. The fraction of sp³-hybridized carbons (Fsp3) is 0.0625. The maximum absolute atomic E-state index is 9.90. The molecule has 6 nitrogen and oxygen atoms in total. The first-order valence-corrected chi connectivity index (χ1v) is 17.7. The summed E-state index contributed by atoms with van der Waals surface area (Å²) in [6, 6.07) is 53.3.